The van der Waals surface area contributed by atoms with E-state index in [1.807, 2.05) is 24.3 Å². The second kappa shape index (κ2) is 9.65. The van der Waals surface area contributed by atoms with Crippen LogP contribution in [0.5, 0.6) is 0 Å². The molecule has 1 rings (SSSR count). The first-order valence-electron chi connectivity index (χ1n) is 4.41. The summed E-state index contributed by atoms with van der Waals surface area (Å²) < 4.78 is 0. The quantitative estimate of drug-likeness (QED) is 0.766. The highest BCUT2D eigenvalue weighted by atomic mass is 16.4. The van der Waals surface area contributed by atoms with Crippen LogP contribution in [0.15, 0.2) is 30.3 Å². The third-order valence-corrected chi connectivity index (χ3v) is 1.37. The van der Waals surface area contributed by atoms with Crippen LogP contribution < -0.4 is 0 Å². The average Bonchev–Trinajstić information content (AvgIpc) is 2.18. The fraction of sp³-hybridized carbons (Fsp3) is 0.273. The molecule has 16 heavy (non-hydrogen) atoms. The lowest BCUT2D eigenvalue weighted by molar-refractivity contribution is -0.138. The van der Waals surface area contributed by atoms with Gasteiger partial charge in [-0.1, -0.05) is 18.2 Å². The minimum absolute atomic E-state index is 0. The van der Waals surface area contributed by atoms with E-state index < -0.39 is 12.1 Å². The van der Waals surface area contributed by atoms with E-state index in [0.29, 0.717) is 5.56 Å². The number of aliphatic hydroxyl groups excluding tert-OH is 1. The minimum atomic E-state index is -0.963. The largest absolute Gasteiger partial charge is 0.481 e. The second-order valence-corrected chi connectivity index (χ2v) is 2.92. The fourth-order valence-corrected chi connectivity index (χ4v) is 0.765. The number of aliphatic hydroxyl groups is 1. The maximum atomic E-state index is 9.65. The van der Waals surface area contributed by atoms with Gasteiger partial charge < -0.3 is 15.7 Å². The molecule has 0 amide bonds. The van der Waals surface area contributed by atoms with Gasteiger partial charge in [0.15, 0.2) is 0 Å². The first-order valence-corrected chi connectivity index (χ1v) is 4.41. The van der Waals surface area contributed by atoms with Crippen molar-refractivity contribution >= 4 is 5.97 Å². The highest BCUT2D eigenvalue weighted by Gasteiger charge is 2.00. The summed E-state index contributed by atoms with van der Waals surface area (Å²) in [6.45, 7) is 1.44. The van der Waals surface area contributed by atoms with Gasteiger partial charge in [-0.2, -0.15) is 5.26 Å². The zero-order chi connectivity index (χ0) is 11.7. The van der Waals surface area contributed by atoms with E-state index >= 15 is 0 Å². The fourth-order valence-electron chi connectivity index (χ4n) is 0.765. The zero-order valence-corrected chi connectivity index (χ0v) is 8.92. The lowest BCUT2D eigenvalue weighted by Gasteiger charge is -1.94. The van der Waals surface area contributed by atoms with Gasteiger partial charge in [0.25, 0.3) is 0 Å². The van der Waals surface area contributed by atoms with Crippen LogP contribution in [-0.4, -0.2) is 27.8 Å². The van der Waals surface area contributed by atoms with Crippen molar-refractivity contribution in [3.8, 4) is 6.07 Å². The molecule has 0 aliphatic rings. The normalized spacial score (nSPS) is 9.81. The lowest BCUT2D eigenvalue weighted by atomic mass is 10.2. The molecule has 0 saturated carbocycles. The summed E-state index contributed by atoms with van der Waals surface area (Å²) in [4.78, 5) is 9.65. The number of carboxylic acids is 1. The maximum Gasteiger partial charge on any atom is 0.305 e. The number of aliphatic carboxylic acids is 1. The molecule has 0 bridgehead atoms. The topological polar surface area (TPSA) is 113 Å². The first-order chi connectivity index (χ1) is 7.06. The molecule has 1 unspecified atom stereocenters. The zero-order valence-electron chi connectivity index (χ0n) is 8.92. The lowest BCUT2D eigenvalue weighted by Crippen LogP contribution is -2.07. The Kier molecular flexibility index (Phi) is 9.96. The third-order valence-electron chi connectivity index (χ3n) is 1.37. The molecule has 0 heterocycles. The molecule has 1 aromatic carbocycles. The molecule has 0 fully saturated rings. The van der Waals surface area contributed by atoms with E-state index in [2.05, 4.69) is 0 Å². The van der Waals surface area contributed by atoms with Gasteiger partial charge in [0.05, 0.1) is 24.2 Å². The summed E-state index contributed by atoms with van der Waals surface area (Å²) in [5.74, 6) is -0.963. The van der Waals surface area contributed by atoms with Crippen molar-refractivity contribution < 1.29 is 20.5 Å². The average molecular weight is 225 g/mol. The number of nitrogens with zero attached hydrogens (tertiary/aromatic N) is 1. The number of rotatable bonds is 2. The van der Waals surface area contributed by atoms with Crippen LogP contribution in [0.3, 0.4) is 0 Å². The smallest absolute Gasteiger partial charge is 0.305 e. The van der Waals surface area contributed by atoms with Crippen molar-refractivity contribution in [3.05, 3.63) is 35.9 Å². The van der Waals surface area contributed by atoms with Crippen molar-refractivity contribution in [2.45, 2.75) is 19.4 Å². The van der Waals surface area contributed by atoms with Gasteiger partial charge in [-0.05, 0) is 19.1 Å². The van der Waals surface area contributed by atoms with Gasteiger partial charge in [0.1, 0.15) is 0 Å². The minimum Gasteiger partial charge on any atom is -0.481 e. The first kappa shape index (κ1) is 16.5. The molecule has 0 saturated heterocycles. The van der Waals surface area contributed by atoms with Crippen molar-refractivity contribution in [2.75, 3.05) is 0 Å². The van der Waals surface area contributed by atoms with Crippen molar-refractivity contribution in [1.82, 2.24) is 0 Å². The molecular weight excluding hydrogens is 210 g/mol. The Morgan fingerprint density at radius 2 is 1.94 bits per heavy atom. The van der Waals surface area contributed by atoms with Gasteiger partial charge >= 0.3 is 5.97 Å². The van der Waals surface area contributed by atoms with Gasteiger partial charge in [-0.3, -0.25) is 4.79 Å². The Hall–Kier alpha value is -1.90. The van der Waals surface area contributed by atoms with Crippen LogP contribution in [0.2, 0.25) is 0 Å². The Balaban J connectivity index is 0. The van der Waals surface area contributed by atoms with E-state index in [1.165, 1.54) is 6.92 Å². The number of hydrogen-bond acceptors (Lipinski definition) is 3. The number of nitriles is 1. The number of benzene rings is 1. The van der Waals surface area contributed by atoms with Crippen molar-refractivity contribution in [3.63, 3.8) is 0 Å². The number of hydrogen-bond donors (Lipinski definition) is 2. The van der Waals surface area contributed by atoms with Gasteiger partial charge in [-0.25, -0.2) is 0 Å². The summed E-state index contributed by atoms with van der Waals surface area (Å²) in [5.41, 5.74) is 0.715. The van der Waals surface area contributed by atoms with Gasteiger partial charge in [-0.15, -0.1) is 0 Å². The van der Waals surface area contributed by atoms with Crippen LogP contribution in [0.25, 0.3) is 0 Å². The van der Waals surface area contributed by atoms with Crippen molar-refractivity contribution in [1.29, 1.82) is 5.26 Å². The summed E-state index contributed by atoms with van der Waals surface area (Å²) in [5, 5.41) is 24.6. The van der Waals surface area contributed by atoms with Gasteiger partial charge in [0.2, 0.25) is 0 Å². The van der Waals surface area contributed by atoms with E-state index in [1.54, 1.807) is 12.1 Å². The molecule has 0 aliphatic carbocycles. The summed E-state index contributed by atoms with van der Waals surface area (Å²) in [7, 11) is 0. The molecule has 5 heteroatoms. The van der Waals surface area contributed by atoms with Gasteiger partial charge in [0, 0.05) is 0 Å². The monoisotopic (exact) mass is 225 g/mol. The summed E-state index contributed by atoms with van der Waals surface area (Å²) >= 11 is 0. The molecule has 0 aliphatic heterocycles. The molecule has 1 aromatic rings. The molecule has 0 spiro atoms. The Morgan fingerprint density at radius 3 is 2.12 bits per heavy atom. The van der Waals surface area contributed by atoms with E-state index in [-0.39, 0.29) is 11.9 Å². The molecule has 1 atom stereocenters. The molecular formula is C11H15NO4. The van der Waals surface area contributed by atoms with E-state index in [4.69, 9.17) is 15.5 Å². The molecule has 0 radical (unpaired) electrons. The van der Waals surface area contributed by atoms with Crippen LogP contribution in [0.1, 0.15) is 18.9 Å². The van der Waals surface area contributed by atoms with E-state index in [0.717, 1.165) is 0 Å². The Bertz CT molecular complexity index is 330. The van der Waals surface area contributed by atoms with Crippen LogP contribution in [0.4, 0.5) is 0 Å². The number of carbonyl (C=O) groups is 1. The highest BCUT2D eigenvalue weighted by molar-refractivity contribution is 5.67. The van der Waals surface area contributed by atoms with Crippen LogP contribution in [-0.2, 0) is 4.79 Å². The molecule has 0 aromatic heterocycles. The van der Waals surface area contributed by atoms with Crippen molar-refractivity contribution in [2.24, 2.45) is 0 Å². The second-order valence-electron chi connectivity index (χ2n) is 2.92. The third kappa shape index (κ3) is 10.2. The SMILES string of the molecule is CC(O)CC(=O)O.N#Cc1ccccc1.O. The van der Waals surface area contributed by atoms with Crippen LogP contribution >= 0.6 is 0 Å². The summed E-state index contributed by atoms with van der Waals surface area (Å²) in [6, 6.07) is 11.2. The van der Waals surface area contributed by atoms with Crippen LogP contribution in [0, 0.1) is 11.3 Å². The standard InChI is InChI=1S/C7H5N.C4H8O3.H2O/c8-6-7-4-2-1-3-5-7;1-3(5)2-4(6)7;/h1-5H;3,5H,2H2,1H3,(H,6,7);1H2. The Morgan fingerprint density at radius 1 is 1.44 bits per heavy atom. The molecule has 88 valence electrons. The predicted octanol–water partition coefficient (Wildman–Crippen LogP) is 0.575. The maximum absolute atomic E-state index is 9.65. The summed E-state index contributed by atoms with van der Waals surface area (Å²) in [6.07, 6.45) is -0.891. The highest BCUT2D eigenvalue weighted by Crippen LogP contribution is 1.93. The predicted molar refractivity (Wildman–Crippen MR) is 58.7 cm³/mol. The molecule has 4 N–H and O–H groups in total. The van der Waals surface area contributed by atoms with E-state index in [9.17, 15) is 4.79 Å². The Labute approximate surface area is 93.9 Å². The number of carboxylic acid groups (broad SMARTS) is 1. The molecule has 5 nitrogen and oxygen atoms in total.